The first-order chi connectivity index (χ1) is 7.57. The Labute approximate surface area is 90.5 Å². The first-order valence-corrected chi connectivity index (χ1v) is 4.68. The Bertz CT molecular complexity index is 430. The summed E-state index contributed by atoms with van der Waals surface area (Å²) in [4.78, 5) is 3.98. The van der Waals surface area contributed by atoms with Crippen LogP contribution in [-0.4, -0.2) is 12.9 Å². The average molecular weight is 226 g/mol. The third-order valence-corrected chi connectivity index (χ3v) is 2.22. The molecule has 0 radical (unpaired) electrons. The number of alkyl halides is 3. The van der Waals surface area contributed by atoms with Crippen molar-refractivity contribution in [2.24, 2.45) is 4.99 Å². The summed E-state index contributed by atoms with van der Waals surface area (Å²) in [5, 5.41) is 2.90. The SMILES string of the molecule is FC(F)(F)c1ccc(C2=CNCN=C2)cc1. The third-order valence-electron chi connectivity index (χ3n) is 2.22. The minimum atomic E-state index is -4.29. The predicted molar refractivity (Wildman–Crippen MR) is 55.9 cm³/mol. The van der Waals surface area contributed by atoms with Crippen molar-refractivity contribution in [3.05, 3.63) is 41.6 Å². The van der Waals surface area contributed by atoms with Gasteiger partial charge in [-0.1, -0.05) is 12.1 Å². The lowest BCUT2D eigenvalue weighted by molar-refractivity contribution is -0.137. The summed E-state index contributed by atoms with van der Waals surface area (Å²) in [5.41, 5.74) is 0.849. The summed E-state index contributed by atoms with van der Waals surface area (Å²) in [7, 11) is 0. The van der Waals surface area contributed by atoms with Crippen molar-refractivity contribution < 1.29 is 13.2 Å². The molecule has 1 aliphatic rings. The van der Waals surface area contributed by atoms with Gasteiger partial charge in [-0.2, -0.15) is 13.2 Å². The highest BCUT2D eigenvalue weighted by atomic mass is 19.4. The number of hydrogen-bond acceptors (Lipinski definition) is 2. The van der Waals surface area contributed by atoms with E-state index in [-0.39, 0.29) is 0 Å². The van der Waals surface area contributed by atoms with Crippen LogP contribution in [0.1, 0.15) is 11.1 Å². The molecule has 0 amide bonds. The van der Waals surface area contributed by atoms with Crippen LogP contribution in [0.2, 0.25) is 0 Å². The summed E-state index contributed by atoms with van der Waals surface area (Å²) in [5.74, 6) is 0. The van der Waals surface area contributed by atoms with Gasteiger partial charge < -0.3 is 5.32 Å². The van der Waals surface area contributed by atoms with E-state index < -0.39 is 11.7 Å². The number of halogens is 3. The Morgan fingerprint density at radius 2 is 1.81 bits per heavy atom. The Balaban J connectivity index is 2.26. The zero-order valence-electron chi connectivity index (χ0n) is 8.25. The van der Waals surface area contributed by atoms with Crippen LogP contribution in [0.5, 0.6) is 0 Å². The van der Waals surface area contributed by atoms with Gasteiger partial charge in [-0.3, -0.25) is 4.99 Å². The molecular formula is C11H9F3N2. The summed E-state index contributed by atoms with van der Waals surface area (Å²) in [6.07, 6.45) is -0.916. The van der Waals surface area contributed by atoms with Gasteiger partial charge in [0.15, 0.2) is 0 Å². The smallest absolute Gasteiger partial charge is 0.372 e. The molecule has 1 N–H and O–H groups in total. The monoisotopic (exact) mass is 226 g/mol. The quantitative estimate of drug-likeness (QED) is 0.782. The van der Waals surface area contributed by atoms with Gasteiger partial charge in [0.05, 0.1) is 5.56 Å². The van der Waals surface area contributed by atoms with Crippen LogP contribution in [0.25, 0.3) is 5.57 Å². The van der Waals surface area contributed by atoms with Crippen LogP contribution in [0.4, 0.5) is 13.2 Å². The fraction of sp³-hybridized carbons (Fsp3) is 0.182. The van der Waals surface area contributed by atoms with E-state index in [4.69, 9.17) is 0 Å². The molecule has 84 valence electrons. The van der Waals surface area contributed by atoms with Crippen LogP contribution in [0.15, 0.2) is 35.5 Å². The topological polar surface area (TPSA) is 24.4 Å². The molecule has 0 spiro atoms. The highest BCUT2D eigenvalue weighted by Crippen LogP contribution is 2.29. The van der Waals surface area contributed by atoms with Gasteiger partial charge in [0.2, 0.25) is 0 Å². The van der Waals surface area contributed by atoms with Crippen LogP contribution in [0.3, 0.4) is 0 Å². The molecule has 0 bridgehead atoms. The minimum absolute atomic E-state index is 0.504. The Morgan fingerprint density at radius 1 is 1.12 bits per heavy atom. The molecule has 1 aromatic carbocycles. The number of allylic oxidation sites excluding steroid dienone is 1. The first kappa shape index (κ1) is 10.7. The highest BCUT2D eigenvalue weighted by Gasteiger charge is 2.29. The molecule has 2 nitrogen and oxygen atoms in total. The van der Waals surface area contributed by atoms with Crippen molar-refractivity contribution in [2.45, 2.75) is 6.18 Å². The molecule has 2 rings (SSSR count). The van der Waals surface area contributed by atoms with Gasteiger partial charge in [0.25, 0.3) is 0 Å². The summed E-state index contributed by atoms with van der Waals surface area (Å²) >= 11 is 0. The van der Waals surface area contributed by atoms with Crippen LogP contribution >= 0.6 is 0 Å². The second-order valence-electron chi connectivity index (χ2n) is 3.35. The van der Waals surface area contributed by atoms with E-state index in [1.54, 1.807) is 12.4 Å². The fourth-order valence-electron chi connectivity index (χ4n) is 1.40. The number of benzene rings is 1. The largest absolute Gasteiger partial charge is 0.416 e. The highest BCUT2D eigenvalue weighted by molar-refractivity contribution is 6.10. The number of rotatable bonds is 1. The van der Waals surface area contributed by atoms with Crippen LogP contribution < -0.4 is 5.32 Å². The normalized spacial score (nSPS) is 15.6. The molecule has 0 saturated heterocycles. The summed E-state index contributed by atoms with van der Waals surface area (Å²) < 4.78 is 36.9. The van der Waals surface area contributed by atoms with Gasteiger partial charge in [-0.15, -0.1) is 0 Å². The van der Waals surface area contributed by atoms with Gasteiger partial charge in [0, 0.05) is 18.0 Å². The van der Waals surface area contributed by atoms with Crippen LogP contribution in [0, 0.1) is 0 Å². The Kier molecular flexibility index (Phi) is 2.68. The van der Waals surface area contributed by atoms with E-state index in [1.165, 1.54) is 12.1 Å². The maximum Gasteiger partial charge on any atom is 0.416 e. The minimum Gasteiger partial charge on any atom is -0.372 e. The summed E-state index contributed by atoms with van der Waals surface area (Å²) in [6.45, 7) is 0.504. The van der Waals surface area contributed by atoms with Gasteiger partial charge in [-0.05, 0) is 17.7 Å². The van der Waals surface area contributed by atoms with Crippen molar-refractivity contribution in [1.82, 2.24) is 5.32 Å². The lowest BCUT2D eigenvalue weighted by atomic mass is 10.1. The van der Waals surface area contributed by atoms with E-state index in [0.29, 0.717) is 12.2 Å². The van der Waals surface area contributed by atoms with Gasteiger partial charge >= 0.3 is 6.18 Å². The Hall–Kier alpha value is -1.78. The van der Waals surface area contributed by atoms with E-state index in [0.717, 1.165) is 17.7 Å². The van der Waals surface area contributed by atoms with Crippen molar-refractivity contribution in [2.75, 3.05) is 6.67 Å². The zero-order chi connectivity index (χ0) is 11.6. The molecule has 1 aromatic rings. The molecule has 0 aliphatic carbocycles. The predicted octanol–water partition coefficient (Wildman–Crippen LogP) is 2.68. The van der Waals surface area contributed by atoms with Crippen molar-refractivity contribution >= 4 is 11.8 Å². The molecule has 0 atom stereocenters. The second-order valence-corrected chi connectivity index (χ2v) is 3.35. The number of nitrogens with one attached hydrogen (secondary N) is 1. The molecule has 5 heteroatoms. The van der Waals surface area contributed by atoms with E-state index in [1.807, 2.05) is 0 Å². The summed E-state index contributed by atoms with van der Waals surface area (Å²) in [6, 6.07) is 5.01. The van der Waals surface area contributed by atoms with Crippen molar-refractivity contribution in [3.8, 4) is 0 Å². The second kappa shape index (κ2) is 4.00. The number of hydrogen-bond donors (Lipinski definition) is 1. The maximum atomic E-state index is 12.3. The molecule has 0 saturated carbocycles. The third kappa shape index (κ3) is 2.24. The molecular weight excluding hydrogens is 217 g/mol. The molecule has 1 aliphatic heterocycles. The standard InChI is InChI=1S/C11H9F3N2/c12-11(13,14)10-3-1-8(2-4-10)9-5-15-7-16-6-9/h1-6,15H,7H2. The average Bonchev–Trinajstić information content (AvgIpc) is 2.29. The zero-order valence-corrected chi connectivity index (χ0v) is 8.25. The lowest BCUT2D eigenvalue weighted by Gasteiger charge is -2.10. The van der Waals surface area contributed by atoms with Gasteiger partial charge in [-0.25, -0.2) is 0 Å². The first-order valence-electron chi connectivity index (χ1n) is 4.68. The maximum absolute atomic E-state index is 12.3. The molecule has 16 heavy (non-hydrogen) atoms. The van der Waals surface area contributed by atoms with E-state index in [2.05, 4.69) is 10.3 Å². The molecule has 0 aromatic heterocycles. The van der Waals surface area contributed by atoms with E-state index >= 15 is 0 Å². The van der Waals surface area contributed by atoms with E-state index in [9.17, 15) is 13.2 Å². The number of nitrogens with zero attached hydrogens (tertiary/aromatic N) is 1. The number of aliphatic imine (C=N–C) groups is 1. The van der Waals surface area contributed by atoms with Crippen LogP contribution in [-0.2, 0) is 6.18 Å². The molecule has 0 unspecified atom stereocenters. The van der Waals surface area contributed by atoms with Gasteiger partial charge in [0.1, 0.15) is 6.67 Å². The lowest BCUT2D eigenvalue weighted by Crippen LogP contribution is -2.11. The Morgan fingerprint density at radius 3 is 2.31 bits per heavy atom. The fourth-order valence-corrected chi connectivity index (χ4v) is 1.40. The van der Waals surface area contributed by atoms with Crippen molar-refractivity contribution in [3.63, 3.8) is 0 Å². The molecule has 1 heterocycles. The van der Waals surface area contributed by atoms with Crippen molar-refractivity contribution in [1.29, 1.82) is 0 Å². The molecule has 0 fully saturated rings.